The fourth-order valence-electron chi connectivity index (χ4n) is 0.764. The van der Waals surface area contributed by atoms with Crippen LogP contribution in [0.5, 0.6) is 11.7 Å². The first kappa shape index (κ1) is 10.3. The molecule has 0 aliphatic rings. The number of carbonyl (C=O) groups excluding carboxylic acids is 2. The van der Waals surface area contributed by atoms with Crippen LogP contribution < -0.4 is 9.47 Å². The second kappa shape index (κ2) is 4.45. The molecule has 0 saturated heterocycles. The van der Waals surface area contributed by atoms with Gasteiger partial charge in [0.1, 0.15) is 0 Å². The summed E-state index contributed by atoms with van der Waals surface area (Å²) in [5.74, 6) is -0.931. The third-order valence-corrected chi connectivity index (χ3v) is 1.34. The van der Waals surface area contributed by atoms with E-state index < -0.39 is 11.9 Å². The van der Waals surface area contributed by atoms with Gasteiger partial charge in [-0.2, -0.15) is 0 Å². The number of furan rings is 1. The number of hydrogen-bond acceptors (Lipinski definition) is 5. The van der Waals surface area contributed by atoms with Crippen LogP contribution in [0.15, 0.2) is 16.7 Å². The second-order valence-electron chi connectivity index (χ2n) is 2.49. The van der Waals surface area contributed by atoms with Crippen LogP contribution in [-0.2, 0) is 9.59 Å². The molecule has 0 aromatic carbocycles. The van der Waals surface area contributed by atoms with Gasteiger partial charge in [0.25, 0.3) is 0 Å². The van der Waals surface area contributed by atoms with E-state index in [1.807, 2.05) is 0 Å². The van der Waals surface area contributed by atoms with Crippen molar-refractivity contribution in [1.29, 1.82) is 0 Å². The molecule has 1 aromatic heterocycles. The molecule has 0 spiro atoms. The highest BCUT2D eigenvalue weighted by Gasteiger charge is 2.14. The van der Waals surface area contributed by atoms with Crippen LogP contribution in [0.2, 0.25) is 0 Å². The number of ether oxygens (including phenoxy) is 2. The molecule has 0 saturated carbocycles. The summed E-state index contributed by atoms with van der Waals surface area (Å²) >= 11 is 0. The molecule has 0 aliphatic carbocycles. The van der Waals surface area contributed by atoms with Gasteiger partial charge in [-0.15, -0.1) is 0 Å². The SMILES string of the molecule is CCC(=O)Oc1occc1OC(C)=O. The minimum atomic E-state index is -0.500. The molecule has 76 valence electrons. The largest absolute Gasteiger partial charge is 0.431 e. The van der Waals surface area contributed by atoms with Crippen LogP contribution in [0.1, 0.15) is 20.3 Å². The van der Waals surface area contributed by atoms with Crippen LogP contribution >= 0.6 is 0 Å². The number of esters is 2. The summed E-state index contributed by atoms with van der Waals surface area (Å²) in [5.41, 5.74) is 0. The number of rotatable bonds is 3. The fraction of sp³-hybridized carbons (Fsp3) is 0.333. The van der Waals surface area contributed by atoms with Gasteiger partial charge in [-0.05, 0) is 0 Å². The van der Waals surface area contributed by atoms with Crippen molar-refractivity contribution < 1.29 is 23.5 Å². The Morgan fingerprint density at radius 2 is 2.14 bits per heavy atom. The van der Waals surface area contributed by atoms with E-state index in [0.29, 0.717) is 0 Å². The zero-order chi connectivity index (χ0) is 10.6. The predicted molar refractivity (Wildman–Crippen MR) is 45.9 cm³/mol. The molecule has 14 heavy (non-hydrogen) atoms. The van der Waals surface area contributed by atoms with Crippen molar-refractivity contribution in [2.24, 2.45) is 0 Å². The quantitative estimate of drug-likeness (QED) is 0.689. The Morgan fingerprint density at radius 3 is 2.71 bits per heavy atom. The molecule has 0 fully saturated rings. The Hall–Kier alpha value is -1.78. The first-order valence-electron chi connectivity index (χ1n) is 4.10. The maximum atomic E-state index is 10.9. The van der Waals surface area contributed by atoms with Crippen LogP contribution in [0, 0.1) is 0 Å². The van der Waals surface area contributed by atoms with Gasteiger partial charge in [0.2, 0.25) is 5.75 Å². The Morgan fingerprint density at radius 1 is 1.43 bits per heavy atom. The van der Waals surface area contributed by atoms with Gasteiger partial charge in [-0.3, -0.25) is 9.59 Å². The Bertz CT molecular complexity index is 339. The Kier molecular flexibility index (Phi) is 3.28. The third-order valence-electron chi connectivity index (χ3n) is 1.34. The molecule has 0 radical (unpaired) electrons. The van der Waals surface area contributed by atoms with Crippen LogP contribution in [0.25, 0.3) is 0 Å². The minimum absolute atomic E-state index is 0.0907. The van der Waals surface area contributed by atoms with Crippen molar-refractivity contribution in [2.45, 2.75) is 20.3 Å². The average molecular weight is 198 g/mol. The molecular weight excluding hydrogens is 188 g/mol. The smallest absolute Gasteiger partial charge is 0.337 e. The number of carbonyl (C=O) groups is 2. The Balaban J connectivity index is 2.72. The summed E-state index contributed by atoms with van der Waals surface area (Å²) in [5, 5.41) is 0. The van der Waals surface area contributed by atoms with Crippen molar-refractivity contribution in [1.82, 2.24) is 0 Å². The maximum absolute atomic E-state index is 10.9. The normalized spacial score (nSPS) is 9.57. The monoisotopic (exact) mass is 198 g/mol. The maximum Gasteiger partial charge on any atom is 0.337 e. The van der Waals surface area contributed by atoms with Crippen LogP contribution in [-0.4, -0.2) is 11.9 Å². The molecule has 1 aromatic rings. The minimum Gasteiger partial charge on any atom is -0.431 e. The lowest BCUT2D eigenvalue weighted by molar-refractivity contribution is -0.137. The van der Waals surface area contributed by atoms with Crippen molar-refractivity contribution in [3.05, 3.63) is 12.3 Å². The van der Waals surface area contributed by atoms with Gasteiger partial charge in [0.05, 0.1) is 6.26 Å². The van der Waals surface area contributed by atoms with Crippen molar-refractivity contribution in [2.75, 3.05) is 0 Å². The predicted octanol–water partition coefficient (Wildman–Crippen LogP) is 1.52. The zero-order valence-electron chi connectivity index (χ0n) is 7.90. The number of hydrogen-bond donors (Lipinski definition) is 0. The highest BCUT2D eigenvalue weighted by molar-refractivity contribution is 5.73. The fourth-order valence-corrected chi connectivity index (χ4v) is 0.764. The van der Waals surface area contributed by atoms with Crippen LogP contribution in [0.3, 0.4) is 0 Å². The average Bonchev–Trinajstić information content (AvgIpc) is 2.52. The second-order valence-corrected chi connectivity index (χ2v) is 2.49. The molecule has 1 rings (SSSR count). The summed E-state index contributed by atoms with van der Waals surface area (Å²) in [6.07, 6.45) is 1.50. The molecule has 1 heterocycles. The standard InChI is InChI=1S/C9H10O5/c1-3-8(11)14-9-7(4-5-12-9)13-6(2)10/h4-5H,3H2,1-2H3. The molecule has 0 N–H and O–H groups in total. The van der Waals surface area contributed by atoms with Crippen molar-refractivity contribution >= 4 is 11.9 Å². The highest BCUT2D eigenvalue weighted by Crippen LogP contribution is 2.28. The van der Waals surface area contributed by atoms with Gasteiger partial charge in [-0.25, -0.2) is 0 Å². The van der Waals surface area contributed by atoms with E-state index >= 15 is 0 Å². The zero-order valence-corrected chi connectivity index (χ0v) is 7.90. The molecule has 0 atom stereocenters. The van der Waals surface area contributed by atoms with E-state index in [1.165, 1.54) is 19.3 Å². The molecule has 0 aliphatic heterocycles. The van der Waals surface area contributed by atoms with E-state index in [1.54, 1.807) is 6.92 Å². The molecule has 5 nitrogen and oxygen atoms in total. The first-order chi connectivity index (χ1) is 6.63. The van der Waals surface area contributed by atoms with E-state index in [2.05, 4.69) is 0 Å². The summed E-state index contributed by atoms with van der Waals surface area (Å²) < 4.78 is 14.3. The molecule has 0 bridgehead atoms. The lowest BCUT2D eigenvalue weighted by atomic mass is 10.5. The van der Waals surface area contributed by atoms with E-state index in [4.69, 9.17) is 13.9 Å². The lowest BCUT2D eigenvalue weighted by Gasteiger charge is -2.01. The Labute approximate surface area is 80.6 Å². The highest BCUT2D eigenvalue weighted by atomic mass is 16.6. The van der Waals surface area contributed by atoms with Crippen molar-refractivity contribution in [3.63, 3.8) is 0 Å². The van der Waals surface area contributed by atoms with E-state index in [-0.39, 0.29) is 18.1 Å². The van der Waals surface area contributed by atoms with Gasteiger partial charge in [0.15, 0.2) is 0 Å². The van der Waals surface area contributed by atoms with E-state index in [0.717, 1.165) is 0 Å². The molecular formula is C9H10O5. The first-order valence-corrected chi connectivity index (χ1v) is 4.10. The van der Waals surface area contributed by atoms with Gasteiger partial charge in [-0.1, -0.05) is 6.92 Å². The lowest BCUT2D eigenvalue weighted by Crippen LogP contribution is -2.07. The van der Waals surface area contributed by atoms with E-state index in [9.17, 15) is 9.59 Å². The molecule has 0 unspecified atom stereocenters. The summed E-state index contributed by atoms with van der Waals surface area (Å²) in [6.45, 7) is 2.90. The molecule has 0 amide bonds. The molecule has 5 heteroatoms. The van der Waals surface area contributed by atoms with Crippen LogP contribution in [0.4, 0.5) is 0 Å². The topological polar surface area (TPSA) is 65.7 Å². The summed E-state index contributed by atoms with van der Waals surface area (Å²) in [6, 6.07) is 1.40. The van der Waals surface area contributed by atoms with Crippen molar-refractivity contribution in [3.8, 4) is 11.7 Å². The van der Waals surface area contributed by atoms with Gasteiger partial charge < -0.3 is 13.9 Å². The summed E-state index contributed by atoms with van der Waals surface area (Å²) in [4.78, 5) is 21.5. The van der Waals surface area contributed by atoms with Gasteiger partial charge in [0, 0.05) is 19.4 Å². The third kappa shape index (κ3) is 2.62. The summed E-state index contributed by atoms with van der Waals surface area (Å²) in [7, 11) is 0. The van der Waals surface area contributed by atoms with Gasteiger partial charge >= 0.3 is 17.9 Å².